The summed E-state index contributed by atoms with van der Waals surface area (Å²) in [5, 5.41) is 9.92. The molecule has 80 valence electrons. The topological polar surface area (TPSA) is 62.7 Å². The van der Waals surface area contributed by atoms with Gasteiger partial charge in [-0.15, -0.1) is 0 Å². The van der Waals surface area contributed by atoms with Gasteiger partial charge in [0.05, 0.1) is 17.6 Å². The maximum atomic E-state index is 8.85. The first kappa shape index (κ1) is 10.6. The van der Waals surface area contributed by atoms with E-state index in [1.165, 1.54) is 0 Å². The van der Waals surface area contributed by atoms with Crippen LogP contribution in [0.1, 0.15) is 18.4 Å². The average Bonchev–Trinajstić information content (AvgIpc) is 2.36. The number of para-hydroxylation sites is 1. The van der Waals surface area contributed by atoms with E-state index in [9.17, 15) is 0 Å². The Morgan fingerprint density at radius 2 is 2.06 bits per heavy atom. The normalized spacial score (nSPS) is 14.3. The van der Waals surface area contributed by atoms with Crippen molar-refractivity contribution in [1.82, 2.24) is 4.98 Å². The third kappa shape index (κ3) is 1.75. The number of hydrogen-bond donors (Lipinski definition) is 1. The Kier molecular flexibility index (Phi) is 2.84. The molecule has 0 aliphatic carbocycles. The Labute approximate surface area is 94.5 Å². The van der Waals surface area contributed by atoms with Crippen LogP contribution in [-0.4, -0.2) is 11.0 Å². The predicted molar refractivity (Wildman–Crippen MR) is 63.7 cm³/mol. The van der Waals surface area contributed by atoms with Gasteiger partial charge in [-0.05, 0) is 17.7 Å². The van der Waals surface area contributed by atoms with Gasteiger partial charge in [-0.25, -0.2) is 0 Å². The minimum atomic E-state index is -0.481. The molecule has 0 saturated carbocycles. The maximum Gasteiger partial charge on any atom is 0.0994 e. The molecule has 0 radical (unpaired) electrons. The summed E-state index contributed by atoms with van der Waals surface area (Å²) in [7, 11) is 0. The smallest absolute Gasteiger partial charge is 0.0994 e. The summed E-state index contributed by atoms with van der Waals surface area (Å²) in [6.45, 7) is 1.97. The molecule has 1 aromatic heterocycles. The molecular formula is C13H13N3. The van der Waals surface area contributed by atoms with Gasteiger partial charge in [0.25, 0.3) is 0 Å². The number of benzene rings is 1. The summed E-state index contributed by atoms with van der Waals surface area (Å²) in [5.74, 6) is 0.0119. The van der Waals surface area contributed by atoms with Crippen LogP contribution < -0.4 is 5.73 Å². The van der Waals surface area contributed by atoms with Crippen LogP contribution in [0, 0.1) is 11.3 Å². The lowest BCUT2D eigenvalue weighted by molar-refractivity contribution is 0.678. The standard InChI is InChI=1S/C13H13N3/c1-9(12(15)8-14)10-6-7-16-13-5-3-2-4-11(10)13/h2-7,9,12H,15H2,1H3. The van der Waals surface area contributed by atoms with Gasteiger partial charge in [0.15, 0.2) is 0 Å². The average molecular weight is 211 g/mol. The zero-order valence-corrected chi connectivity index (χ0v) is 9.09. The van der Waals surface area contributed by atoms with Crippen LogP contribution in [0.25, 0.3) is 10.9 Å². The molecule has 2 aromatic rings. The quantitative estimate of drug-likeness (QED) is 0.828. The molecule has 2 atom stereocenters. The Bertz CT molecular complexity index is 537. The van der Waals surface area contributed by atoms with Gasteiger partial charge in [0.2, 0.25) is 0 Å². The number of nitrogens with zero attached hydrogens (tertiary/aromatic N) is 2. The van der Waals surface area contributed by atoms with E-state index < -0.39 is 6.04 Å². The lowest BCUT2D eigenvalue weighted by Gasteiger charge is -2.15. The molecule has 1 aromatic carbocycles. The first-order valence-electron chi connectivity index (χ1n) is 5.23. The van der Waals surface area contributed by atoms with Gasteiger partial charge in [-0.2, -0.15) is 5.26 Å². The number of fused-ring (bicyclic) bond motifs is 1. The van der Waals surface area contributed by atoms with Crippen LogP contribution in [0.5, 0.6) is 0 Å². The van der Waals surface area contributed by atoms with Crippen molar-refractivity contribution in [2.45, 2.75) is 18.9 Å². The van der Waals surface area contributed by atoms with E-state index in [4.69, 9.17) is 11.0 Å². The lowest BCUT2D eigenvalue weighted by Crippen LogP contribution is -2.24. The van der Waals surface area contributed by atoms with Gasteiger partial charge in [0.1, 0.15) is 0 Å². The van der Waals surface area contributed by atoms with E-state index >= 15 is 0 Å². The van der Waals surface area contributed by atoms with Crippen molar-refractivity contribution >= 4 is 10.9 Å². The van der Waals surface area contributed by atoms with Crippen LogP contribution in [0.15, 0.2) is 36.5 Å². The summed E-state index contributed by atoms with van der Waals surface area (Å²) in [6.07, 6.45) is 1.76. The number of aromatic nitrogens is 1. The summed E-state index contributed by atoms with van der Waals surface area (Å²) in [5.41, 5.74) is 7.78. The Balaban J connectivity index is 2.57. The number of nitrogens with two attached hydrogens (primary N) is 1. The largest absolute Gasteiger partial charge is 0.315 e. The minimum absolute atomic E-state index is 0.0119. The van der Waals surface area contributed by atoms with E-state index in [2.05, 4.69) is 11.1 Å². The van der Waals surface area contributed by atoms with Crippen molar-refractivity contribution in [3.05, 3.63) is 42.1 Å². The fourth-order valence-corrected chi connectivity index (χ4v) is 1.82. The highest BCUT2D eigenvalue weighted by atomic mass is 14.7. The molecule has 0 saturated heterocycles. The fourth-order valence-electron chi connectivity index (χ4n) is 1.82. The third-order valence-electron chi connectivity index (χ3n) is 2.86. The first-order chi connectivity index (χ1) is 7.74. The molecule has 0 aliphatic heterocycles. The molecule has 0 fully saturated rings. The lowest BCUT2D eigenvalue weighted by atomic mass is 9.92. The van der Waals surface area contributed by atoms with E-state index in [-0.39, 0.29) is 5.92 Å². The Morgan fingerprint density at radius 1 is 1.31 bits per heavy atom. The van der Waals surface area contributed by atoms with Gasteiger partial charge in [-0.1, -0.05) is 25.1 Å². The highest BCUT2D eigenvalue weighted by molar-refractivity contribution is 5.82. The van der Waals surface area contributed by atoms with Gasteiger partial charge < -0.3 is 5.73 Å². The highest BCUT2D eigenvalue weighted by Gasteiger charge is 2.16. The molecule has 0 bridgehead atoms. The number of pyridine rings is 1. The van der Waals surface area contributed by atoms with Gasteiger partial charge >= 0.3 is 0 Å². The van der Waals surface area contributed by atoms with E-state index in [0.717, 1.165) is 16.5 Å². The van der Waals surface area contributed by atoms with Crippen LogP contribution in [0.3, 0.4) is 0 Å². The zero-order valence-electron chi connectivity index (χ0n) is 9.09. The summed E-state index contributed by atoms with van der Waals surface area (Å²) in [6, 6.07) is 11.4. The van der Waals surface area contributed by atoms with Crippen molar-refractivity contribution < 1.29 is 0 Å². The third-order valence-corrected chi connectivity index (χ3v) is 2.86. The first-order valence-corrected chi connectivity index (χ1v) is 5.23. The second-order valence-electron chi connectivity index (χ2n) is 3.86. The van der Waals surface area contributed by atoms with Crippen molar-refractivity contribution in [3.63, 3.8) is 0 Å². The molecular weight excluding hydrogens is 198 g/mol. The number of nitriles is 1. The van der Waals surface area contributed by atoms with E-state index in [0.29, 0.717) is 0 Å². The molecule has 2 rings (SSSR count). The molecule has 2 N–H and O–H groups in total. The molecule has 0 aliphatic rings. The van der Waals surface area contributed by atoms with Gasteiger partial charge in [0, 0.05) is 17.5 Å². The molecule has 3 nitrogen and oxygen atoms in total. The van der Waals surface area contributed by atoms with Crippen molar-refractivity contribution in [1.29, 1.82) is 5.26 Å². The van der Waals surface area contributed by atoms with E-state index in [1.54, 1.807) is 6.20 Å². The number of hydrogen-bond acceptors (Lipinski definition) is 3. The Hall–Kier alpha value is -1.92. The number of rotatable bonds is 2. The van der Waals surface area contributed by atoms with Crippen molar-refractivity contribution in [2.24, 2.45) is 5.73 Å². The SMILES string of the molecule is CC(c1ccnc2ccccc12)C(N)C#N. The fraction of sp³-hybridized carbons (Fsp3) is 0.231. The second-order valence-corrected chi connectivity index (χ2v) is 3.86. The monoisotopic (exact) mass is 211 g/mol. The molecule has 1 heterocycles. The summed E-state index contributed by atoms with van der Waals surface area (Å²) in [4.78, 5) is 4.29. The molecule has 16 heavy (non-hydrogen) atoms. The zero-order chi connectivity index (χ0) is 11.5. The summed E-state index contributed by atoms with van der Waals surface area (Å²) < 4.78 is 0. The second kappa shape index (κ2) is 4.30. The van der Waals surface area contributed by atoms with Crippen molar-refractivity contribution in [2.75, 3.05) is 0 Å². The molecule has 0 spiro atoms. The van der Waals surface area contributed by atoms with Crippen LogP contribution in [0.2, 0.25) is 0 Å². The maximum absolute atomic E-state index is 8.85. The van der Waals surface area contributed by atoms with Gasteiger partial charge in [-0.3, -0.25) is 4.98 Å². The van der Waals surface area contributed by atoms with E-state index in [1.807, 2.05) is 37.3 Å². The highest BCUT2D eigenvalue weighted by Crippen LogP contribution is 2.25. The van der Waals surface area contributed by atoms with Crippen LogP contribution in [-0.2, 0) is 0 Å². The van der Waals surface area contributed by atoms with Crippen molar-refractivity contribution in [3.8, 4) is 6.07 Å². The molecule has 2 unspecified atom stereocenters. The summed E-state index contributed by atoms with van der Waals surface area (Å²) >= 11 is 0. The Morgan fingerprint density at radius 3 is 2.81 bits per heavy atom. The molecule has 3 heteroatoms. The van der Waals surface area contributed by atoms with Crippen LogP contribution >= 0.6 is 0 Å². The minimum Gasteiger partial charge on any atom is -0.315 e. The van der Waals surface area contributed by atoms with Crippen LogP contribution in [0.4, 0.5) is 0 Å². The molecule has 0 amide bonds. The predicted octanol–water partition coefficient (Wildman–Crippen LogP) is 2.19.